The molecule has 0 aliphatic carbocycles. The Morgan fingerprint density at radius 1 is 1.27 bits per heavy atom. The summed E-state index contributed by atoms with van der Waals surface area (Å²) in [6.07, 6.45) is 3.47. The summed E-state index contributed by atoms with van der Waals surface area (Å²) < 4.78 is 4.95. The third kappa shape index (κ3) is 4.14. The van der Waals surface area contributed by atoms with Gasteiger partial charge in [-0.2, -0.15) is 0 Å². The predicted molar refractivity (Wildman–Crippen MR) is 105 cm³/mol. The van der Waals surface area contributed by atoms with Gasteiger partial charge in [0.1, 0.15) is 10.6 Å². The SMILES string of the molecule is COC(=O)c1c(-c2ccccc2)csc1NC(=O)CN1CCCCC1C. The normalized spacial score (nSPS) is 17.7. The molecule has 1 amide bonds. The summed E-state index contributed by atoms with van der Waals surface area (Å²) in [6, 6.07) is 10.1. The number of carbonyl (C=O) groups is 2. The molecule has 0 radical (unpaired) electrons. The summed E-state index contributed by atoms with van der Waals surface area (Å²) >= 11 is 1.35. The molecule has 1 aromatic carbocycles. The van der Waals surface area contributed by atoms with Gasteiger partial charge in [0.2, 0.25) is 5.91 Å². The number of hydrogen-bond acceptors (Lipinski definition) is 5. The van der Waals surface area contributed by atoms with E-state index in [1.54, 1.807) is 0 Å². The van der Waals surface area contributed by atoms with Crippen LogP contribution in [0, 0.1) is 0 Å². The standard InChI is InChI=1S/C20H24N2O3S/c1-14-8-6-7-11-22(14)12-17(23)21-19-18(20(24)25-2)16(13-26-19)15-9-4-3-5-10-15/h3-5,9-10,13-14H,6-8,11-12H2,1-2H3,(H,21,23). The molecule has 1 aliphatic rings. The molecular formula is C20H24N2O3S. The molecule has 138 valence electrons. The first kappa shape index (κ1) is 18.6. The zero-order valence-electron chi connectivity index (χ0n) is 15.2. The average molecular weight is 372 g/mol. The van der Waals surface area contributed by atoms with Crippen molar-refractivity contribution in [3.63, 3.8) is 0 Å². The first-order valence-corrected chi connectivity index (χ1v) is 9.77. The predicted octanol–water partition coefficient (Wildman–Crippen LogP) is 4.01. The quantitative estimate of drug-likeness (QED) is 0.806. The van der Waals surface area contributed by atoms with Crippen LogP contribution in [-0.4, -0.2) is 43.0 Å². The number of likely N-dealkylation sites (tertiary alicyclic amines) is 1. The van der Waals surface area contributed by atoms with E-state index in [-0.39, 0.29) is 5.91 Å². The fourth-order valence-electron chi connectivity index (χ4n) is 3.33. The van der Waals surface area contributed by atoms with E-state index in [0.29, 0.717) is 23.2 Å². The Morgan fingerprint density at radius 2 is 2.04 bits per heavy atom. The van der Waals surface area contributed by atoms with Crippen LogP contribution in [0.3, 0.4) is 0 Å². The highest BCUT2D eigenvalue weighted by Crippen LogP contribution is 2.36. The van der Waals surface area contributed by atoms with Gasteiger partial charge in [-0.25, -0.2) is 4.79 Å². The fraction of sp³-hybridized carbons (Fsp3) is 0.400. The first-order valence-electron chi connectivity index (χ1n) is 8.89. The number of amides is 1. The Morgan fingerprint density at radius 3 is 2.73 bits per heavy atom. The number of anilines is 1. The van der Waals surface area contributed by atoms with Gasteiger partial charge in [-0.05, 0) is 31.9 Å². The van der Waals surface area contributed by atoms with Crippen molar-refractivity contribution in [1.82, 2.24) is 4.90 Å². The van der Waals surface area contributed by atoms with Gasteiger partial charge in [0.25, 0.3) is 0 Å². The lowest BCUT2D eigenvalue weighted by molar-refractivity contribution is -0.118. The highest BCUT2D eigenvalue weighted by Gasteiger charge is 2.24. The molecule has 1 fully saturated rings. The lowest BCUT2D eigenvalue weighted by Gasteiger charge is -2.32. The molecule has 26 heavy (non-hydrogen) atoms. The Bertz CT molecular complexity index is 773. The number of esters is 1. The Labute approximate surface area is 158 Å². The van der Waals surface area contributed by atoms with Gasteiger partial charge in [0, 0.05) is 17.0 Å². The van der Waals surface area contributed by atoms with Crippen LogP contribution in [0.5, 0.6) is 0 Å². The molecule has 0 saturated carbocycles. The Kier molecular flexibility index (Phi) is 6.06. The van der Waals surface area contributed by atoms with Gasteiger partial charge in [-0.1, -0.05) is 36.8 Å². The van der Waals surface area contributed by atoms with Crippen molar-refractivity contribution in [2.45, 2.75) is 32.2 Å². The smallest absolute Gasteiger partial charge is 0.341 e. The van der Waals surface area contributed by atoms with Gasteiger partial charge >= 0.3 is 5.97 Å². The van der Waals surface area contributed by atoms with Crippen LogP contribution in [0.2, 0.25) is 0 Å². The number of thiophene rings is 1. The number of nitrogens with one attached hydrogen (secondary N) is 1. The highest BCUT2D eigenvalue weighted by atomic mass is 32.1. The minimum Gasteiger partial charge on any atom is -0.465 e. The van der Waals surface area contributed by atoms with Crippen molar-refractivity contribution in [3.05, 3.63) is 41.3 Å². The number of carbonyl (C=O) groups excluding carboxylic acids is 2. The van der Waals surface area contributed by atoms with E-state index in [0.717, 1.165) is 30.5 Å². The maximum Gasteiger partial charge on any atom is 0.341 e. The van der Waals surface area contributed by atoms with Crippen LogP contribution in [0.1, 0.15) is 36.5 Å². The topological polar surface area (TPSA) is 58.6 Å². The lowest BCUT2D eigenvalue weighted by Crippen LogP contribution is -2.42. The number of methoxy groups -OCH3 is 1. The monoisotopic (exact) mass is 372 g/mol. The summed E-state index contributed by atoms with van der Waals surface area (Å²) in [5.41, 5.74) is 2.13. The first-order chi connectivity index (χ1) is 12.6. The molecule has 5 nitrogen and oxygen atoms in total. The van der Waals surface area contributed by atoms with Gasteiger partial charge in [-0.3, -0.25) is 9.69 Å². The van der Waals surface area contributed by atoms with E-state index in [9.17, 15) is 9.59 Å². The largest absolute Gasteiger partial charge is 0.465 e. The van der Waals surface area contributed by atoms with E-state index >= 15 is 0 Å². The molecular weight excluding hydrogens is 348 g/mol. The lowest BCUT2D eigenvalue weighted by atomic mass is 10.0. The van der Waals surface area contributed by atoms with Crippen LogP contribution in [0.25, 0.3) is 11.1 Å². The molecule has 0 bridgehead atoms. The van der Waals surface area contributed by atoms with Crippen LogP contribution in [0.15, 0.2) is 35.7 Å². The van der Waals surface area contributed by atoms with Gasteiger partial charge in [0.05, 0.1) is 13.7 Å². The molecule has 6 heteroatoms. The third-order valence-electron chi connectivity index (χ3n) is 4.81. The second-order valence-electron chi connectivity index (χ2n) is 6.57. The summed E-state index contributed by atoms with van der Waals surface area (Å²) in [4.78, 5) is 27.1. The van der Waals surface area contributed by atoms with Gasteiger partial charge < -0.3 is 10.1 Å². The molecule has 1 saturated heterocycles. The van der Waals surface area contributed by atoms with E-state index in [4.69, 9.17) is 4.74 Å². The van der Waals surface area contributed by atoms with Crippen molar-refractivity contribution in [2.75, 3.05) is 25.5 Å². The molecule has 3 rings (SSSR count). The summed E-state index contributed by atoms with van der Waals surface area (Å²) in [5.74, 6) is -0.530. The second kappa shape index (κ2) is 8.47. The zero-order chi connectivity index (χ0) is 18.5. The molecule has 0 spiro atoms. The summed E-state index contributed by atoms with van der Waals surface area (Å²) in [5, 5.41) is 5.36. The summed E-state index contributed by atoms with van der Waals surface area (Å²) in [7, 11) is 1.36. The Balaban J connectivity index is 1.80. The summed E-state index contributed by atoms with van der Waals surface area (Å²) in [6.45, 7) is 3.45. The van der Waals surface area contributed by atoms with E-state index in [1.165, 1.54) is 24.9 Å². The maximum atomic E-state index is 12.5. The number of ether oxygens (including phenoxy) is 1. The minimum absolute atomic E-state index is 0.0923. The molecule has 2 heterocycles. The second-order valence-corrected chi connectivity index (χ2v) is 7.45. The number of rotatable bonds is 5. The fourth-order valence-corrected chi connectivity index (χ4v) is 4.30. The molecule has 1 N–H and O–H groups in total. The van der Waals surface area contributed by atoms with E-state index < -0.39 is 5.97 Å². The van der Waals surface area contributed by atoms with Crippen LogP contribution >= 0.6 is 11.3 Å². The Hall–Kier alpha value is -2.18. The van der Waals surface area contributed by atoms with Crippen molar-refractivity contribution in [2.24, 2.45) is 0 Å². The molecule has 1 aromatic heterocycles. The molecule has 1 atom stereocenters. The molecule has 1 aliphatic heterocycles. The number of hydrogen-bond donors (Lipinski definition) is 1. The van der Waals surface area contributed by atoms with Crippen LogP contribution < -0.4 is 5.32 Å². The number of piperidine rings is 1. The molecule has 1 unspecified atom stereocenters. The van der Waals surface area contributed by atoms with Crippen LogP contribution in [0.4, 0.5) is 5.00 Å². The van der Waals surface area contributed by atoms with Crippen molar-refractivity contribution >= 4 is 28.2 Å². The van der Waals surface area contributed by atoms with Crippen LogP contribution in [-0.2, 0) is 9.53 Å². The number of nitrogens with zero attached hydrogens (tertiary/aromatic N) is 1. The van der Waals surface area contributed by atoms with Crippen molar-refractivity contribution < 1.29 is 14.3 Å². The maximum absolute atomic E-state index is 12.5. The zero-order valence-corrected chi connectivity index (χ0v) is 16.0. The average Bonchev–Trinajstić information content (AvgIpc) is 3.07. The number of benzene rings is 1. The van der Waals surface area contributed by atoms with Gasteiger partial charge in [-0.15, -0.1) is 11.3 Å². The third-order valence-corrected chi connectivity index (χ3v) is 5.70. The highest BCUT2D eigenvalue weighted by molar-refractivity contribution is 7.15. The molecule has 2 aromatic rings. The van der Waals surface area contributed by atoms with Crippen molar-refractivity contribution in [1.29, 1.82) is 0 Å². The van der Waals surface area contributed by atoms with Crippen molar-refractivity contribution in [3.8, 4) is 11.1 Å². The van der Waals surface area contributed by atoms with Gasteiger partial charge in [0.15, 0.2) is 0 Å². The van der Waals surface area contributed by atoms with E-state index in [1.807, 2.05) is 35.7 Å². The van der Waals surface area contributed by atoms with E-state index in [2.05, 4.69) is 17.1 Å². The minimum atomic E-state index is -0.438.